The van der Waals surface area contributed by atoms with Crippen LogP contribution in [0.5, 0.6) is 0 Å². The van der Waals surface area contributed by atoms with Gasteiger partial charge < -0.3 is 0 Å². The number of fused-ring (bicyclic) bond motifs is 1. The van der Waals surface area contributed by atoms with E-state index in [2.05, 4.69) is 10.2 Å². The van der Waals surface area contributed by atoms with Crippen molar-refractivity contribution >= 4 is 28.3 Å². The van der Waals surface area contributed by atoms with Gasteiger partial charge in [0.25, 0.3) is 0 Å². The molecule has 6 heteroatoms. The van der Waals surface area contributed by atoms with Crippen molar-refractivity contribution < 1.29 is 13.6 Å². The van der Waals surface area contributed by atoms with E-state index in [-0.39, 0.29) is 17.1 Å². The smallest absolute Gasteiger partial charge is 0.173 e. The van der Waals surface area contributed by atoms with E-state index in [0.717, 1.165) is 34.2 Å². The maximum atomic E-state index is 13.4. The van der Waals surface area contributed by atoms with Crippen LogP contribution in [-0.2, 0) is 0 Å². The normalized spacial score (nSPS) is 10.9. The van der Waals surface area contributed by atoms with Crippen molar-refractivity contribution in [2.75, 3.05) is 5.75 Å². The highest BCUT2D eigenvalue weighted by Crippen LogP contribution is 2.31. The number of carbonyl (C=O) groups is 1. The highest BCUT2D eigenvalue weighted by atomic mass is 32.2. The Bertz CT molecular complexity index is 1170. The summed E-state index contributed by atoms with van der Waals surface area (Å²) in [6.45, 7) is 0. The van der Waals surface area contributed by atoms with Gasteiger partial charge in [-0.25, -0.2) is 8.78 Å². The van der Waals surface area contributed by atoms with Crippen molar-refractivity contribution in [2.24, 2.45) is 0 Å². The number of hydrogen-bond acceptors (Lipinski definition) is 4. The van der Waals surface area contributed by atoms with E-state index in [4.69, 9.17) is 0 Å². The molecule has 0 aliphatic rings. The first-order valence-electron chi connectivity index (χ1n) is 8.55. The minimum atomic E-state index is -1.03. The Morgan fingerprint density at radius 3 is 2.29 bits per heavy atom. The molecule has 0 aliphatic carbocycles. The minimum Gasteiger partial charge on any atom is -0.293 e. The topological polar surface area (TPSA) is 42.9 Å². The Kier molecular flexibility index (Phi) is 5.12. The van der Waals surface area contributed by atoms with Gasteiger partial charge in [0.15, 0.2) is 17.4 Å². The average molecular weight is 392 g/mol. The van der Waals surface area contributed by atoms with Gasteiger partial charge in [0.2, 0.25) is 0 Å². The molecule has 0 spiro atoms. The molecular weight excluding hydrogens is 378 g/mol. The molecule has 0 radical (unpaired) electrons. The van der Waals surface area contributed by atoms with Gasteiger partial charge in [0.05, 0.1) is 5.75 Å². The minimum absolute atomic E-state index is 0.0500. The number of rotatable bonds is 5. The first kappa shape index (κ1) is 18.3. The van der Waals surface area contributed by atoms with Gasteiger partial charge in [-0.1, -0.05) is 66.4 Å². The van der Waals surface area contributed by atoms with Crippen molar-refractivity contribution in [3.8, 4) is 11.3 Å². The number of Topliss-reactive ketones (excluding diaryl/α,β-unsaturated/α-hetero) is 1. The number of thioether (sulfide) groups is 1. The number of ketones is 1. The third-order valence-electron chi connectivity index (χ3n) is 4.28. The molecular formula is C22H14F2N2OS. The van der Waals surface area contributed by atoms with Gasteiger partial charge in [-0.2, -0.15) is 0 Å². The lowest BCUT2D eigenvalue weighted by Crippen LogP contribution is -2.04. The second-order valence-electron chi connectivity index (χ2n) is 6.11. The third-order valence-corrected chi connectivity index (χ3v) is 5.26. The highest BCUT2D eigenvalue weighted by Gasteiger charge is 2.14. The molecule has 138 valence electrons. The Balaban J connectivity index is 1.63. The summed E-state index contributed by atoms with van der Waals surface area (Å²) in [6.07, 6.45) is 0. The standard InChI is InChI=1S/C22H14F2N2OS/c23-18-11-10-15(12-19(18)24)20(27)13-28-22-17-9-5-4-8-16(17)21(25-26-22)14-6-2-1-3-7-14/h1-12H,13H2. The van der Waals surface area contributed by atoms with Crippen LogP contribution in [0.3, 0.4) is 0 Å². The lowest BCUT2D eigenvalue weighted by molar-refractivity contribution is 0.102. The summed E-state index contributed by atoms with van der Waals surface area (Å²) in [7, 11) is 0. The van der Waals surface area contributed by atoms with Gasteiger partial charge >= 0.3 is 0 Å². The fourth-order valence-corrected chi connectivity index (χ4v) is 3.75. The predicted molar refractivity (Wildman–Crippen MR) is 106 cm³/mol. The zero-order valence-electron chi connectivity index (χ0n) is 14.6. The summed E-state index contributed by atoms with van der Waals surface area (Å²) < 4.78 is 26.4. The van der Waals surface area contributed by atoms with E-state index in [9.17, 15) is 13.6 Å². The van der Waals surface area contributed by atoms with Gasteiger partial charge in [0, 0.05) is 21.9 Å². The first-order chi connectivity index (χ1) is 13.6. The number of hydrogen-bond donors (Lipinski definition) is 0. The van der Waals surface area contributed by atoms with Crippen LogP contribution in [0.1, 0.15) is 10.4 Å². The molecule has 0 saturated heterocycles. The van der Waals surface area contributed by atoms with Crippen molar-refractivity contribution in [3.63, 3.8) is 0 Å². The van der Waals surface area contributed by atoms with E-state index in [0.29, 0.717) is 5.03 Å². The fraction of sp³-hybridized carbons (Fsp3) is 0.0455. The molecule has 0 bridgehead atoms. The zero-order valence-corrected chi connectivity index (χ0v) is 15.4. The van der Waals surface area contributed by atoms with Crippen molar-refractivity contribution in [1.82, 2.24) is 10.2 Å². The summed E-state index contributed by atoms with van der Waals surface area (Å²) in [5.41, 5.74) is 1.86. The molecule has 4 aromatic rings. The van der Waals surface area contributed by atoms with Crippen LogP contribution in [0.2, 0.25) is 0 Å². The second-order valence-corrected chi connectivity index (χ2v) is 7.07. The molecule has 1 aromatic heterocycles. The maximum absolute atomic E-state index is 13.4. The van der Waals surface area contributed by atoms with Crippen molar-refractivity contribution in [1.29, 1.82) is 0 Å². The fourth-order valence-electron chi connectivity index (χ4n) is 2.88. The van der Waals surface area contributed by atoms with Crippen LogP contribution in [0.15, 0.2) is 77.8 Å². The highest BCUT2D eigenvalue weighted by molar-refractivity contribution is 8.00. The molecule has 0 N–H and O–H groups in total. The summed E-state index contributed by atoms with van der Waals surface area (Å²) in [5, 5.41) is 11.1. The first-order valence-corrected chi connectivity index (χ1v) is 9.54. The molecule has 3 aromatic carbocycles. The molecule has 0 fully saturated rings. The zero-order chi connectivity index (χ0) is 19.5. The molecule has 0 amide bonds. The lowest BCUT2D eigenvalue weighted by atomic mass is 10.1. The number of nitrogens with zero attached hydrogens (tertiary/aromatic N) is 2. The van der Waals surface area contributed by atoms with Gasteiger partial charge in [-0.15, -0.1) is 10.2 Å². The van der Waals surface area contributed by atoms with Crippen molar-refractivity contribution in [2.45, 2.75) is 5.03 Å². The van der Waals surface area contributed by atoms with Crippen LogP contribution in [-0.4, -0.2) is 21.7 Å². The third kappa shape index (κ3) is 3.64. The largest absolute Gasteiger partial charge is 0.293 e. The Hall–Kier alpha value is -3.12. The molecule has 0 aliphatic heterocycles. The van der Waals surface area contributed by atoms with E-state index >= 15 is 0 Å². The summed E-state index contributed by atoms with van der Waals surface area (Å²) >= 11 is 1.23. The summed E-state index contributed by atoms with van der Waals surface area (Å²) in [5.74, 6) is -2.26. The molecule has 4 rings (SSSR count). The van der Waals surface area contributed by atoms with Gasteiger partial charge in [-0.3, -0.25) is 4.79 Å². The number of benzene rings is 3. The van der Waals surface area contributed by atoms with E-state index < -0.39 is 11.6 Å². The average Bonchev–Trinajstić information content (AvgIpc) is 2.74. The summed E-state index contributed by atoms with van der Waals surface area (Å²) in [4.78, 5) is 12.3. The Labute approximate surface area is 164 Å². The van der Waals surface area contributed by atoms with E-state index in [1.54, 1.807) is 0 Å². The predicted octanol–water partition coefficient (Wildman–Crippen LogP) is 5.55. The molecule has 0 atom stereocenters. The summed E-state index contributed by atoms with van der Waals surface area (Å²) in [6, 6.07) is 20.6. The molecule has 0 unspecified atom stereocenters. The second kappa shape index (κ2) is 7.86. The van der Waals surface area contributed by atoms with E-state index in [1.165, 1.54) is 17.8 Å². The molecule has 3 nitrogen and oxygen atoms in total. The SMILES string of the molecule is O=C(CSc1nnc(-c2ccccc2)c2ccccc12)c1ccc(F)c(F)c1. The van der Waals surface area contributed by atoms with Crippen molar-refractivity contribution in [3.05, 3.63) is 90.0 Å². The monoisotopic (exact) mass is 392 g/mol. The quantitative estimate of drug-likeness (QED) is 0.330. The molecule has 0 saturated carbocycles. The van der Waals surface area contributed by atoms with Gasteiger partial charge in [0.1, 0.15) is 10.7 Å². The van der Waals surface area contributed by atoms with Crippen LogP contribution in [0.4, 0.5) is 8.78 Å². The Morgan fingerprint density at radius 1 is 0.821 bits per heavy atom. The van der Waals surface area contributed by atoms with E-state index in [1.807, 2.05) is 54.6 Å². The maximum Gasteiger partial charge on any atom is 0.173 e. The molecule has 28 heavy (non-hydrogen) atoms. The Morgan fingerprint density at radius 2 is 1.54 bits per heavy atom. The lowest BCUT2D eigenvalue weighted by Gasteiger charge is -2.09. The molecule has 1 heterocycles. The van der Waals surface area contributed by atoms with Crippen LogP contribution >= 0.6 is 11.8 Å². The van der Waals surface area contributed by atoms with Crippen LogP contribution < -0.4 is 0 Å². The van der Waals surface area contributed by atoms with Gasteiger partial charge in [-0.05, 0) is 18.2 Å². The van der Waals surface area contributed by atoms with Crippen LogP contribution in [0.25, 0.3) is 22.0 Å². The number of carbonyl (C=O) groups excluding carboxylic acids is 1. The van der Waals surface area contributed by atoms with Crippen LogP contribution in [0, 0.1) is 11.6 Å². The number of halogens is 2. The number of aromatic nitrogens is 2.